The number of aromatic nitrogens is 1. The first-order chi connectivity index (χ1) is 9.69. The van der Waals surface area contributed by atoms with Gasteiger partial charge in [0.05, 0.1) is 7.11 Å². The second kappa shape index (κ2) is 6.60. The fourth-order valence-electron chi connectivity index (χ4n) is 2.72. The van der Waals surface area contributed by atoms with Crippen molar-refractivity contribution < 1.29 is 4.74 Å². The molecular weight excluding hydrogens is 248 g/mol. The molecule has 20 heavy (non-hydrogen) atoms. The standard InChI is InChI=1S/C17H24N2O/c1-5-13(6-2)12(3)19-17-16-11-15(20-4)8-7-14(16)9-10-18-17/h7-13H,5-6H2,1-4H3,(H,18,19). The minimum absolute atomic E-state index is 0.411. The number of fused-ring (bicyclic) bond motifs is 1. The number of nitrogens with one attached hydrogen (secondary N) is 1. The van der Waals surface area contributed by atoms with Crippen LogP contribution in [-0.4, -0.2) is 18.1 Å². The summed E-state index contributed by atoms with van der Waals surface area (Å²) in [6.45, 7) is 6.72. The summed E-state index contributed by atoms with van der Waals surface area (Å²) >= 11 is 0. The molecule has 1 aromatic heterocycles. The van der Waals surface area contributed by atoms with E-state index in [2.05, 4.69) is 37.1 Å². The van der Waals surface area contributed by atoms with Crippen LogP contribution in [0.5, 0.6) is 5.75 Å². The third kappa shape index (κ3) is 3.03. The summed E-state index contributed by atoms with van der Waals surface area (Å²) in [6.07, 6.45) is 4.22. The van der Waals surface area contributed by atoms with E-state index in [9.17, 15) is 0 Å². The third-order valence-electron chi connectivity index (χ3n) is 4.09. The topological polar surface area (TPSA) is 34.2 Å². The molecule has 0 saturated carbocycles. The quantitative estimate of drug-likeness (QED) is 0.842. The maximum absolute atomic E-state index is 5.32. The maximum atomic E-state index is 5.32. The Morgan fingerprint density at radius 1 is 1.20 bits per heavy atom. The Bertz CT molecular complexity index is 564. The van der Waals surface area contributed by atoms with Gasteiger partial charge < -0.3 is 10.1 Å². The highest BCUT2D eigenvalue weighted by atomic mass is 16.5. The first-order valence-electron chi connectivity index (χ1n) is 7.38. The van der Waals surface area contributed by atoms with Crippen LogP contribution in [0.25, 0.3) is 10.8 Å². The second-order valence-corrected chi connectivity index (χ2v) is 5.26. The van der Waals surface area contributed by atoms with E-state index in [4.69, 9.17) is 4.74 Å². The summed E-state index contributed by atoms with van der Waals surface area (Å²) in [4.78, 5) is 4.51. The normalized spacial score (nSPS) is 12.7. The highest BCUT2D eigenvalue weighted by Gasteiger charge is 2.15. The van der Waals surface area contributed by atoms with Gasteiger partial charge in [0.15, 0.2) is 0 Å². The Hall–Kier alpha value is -1.77. The predicted octanol–water partition coefficient (Wildman–Crippen LogP) is 4.48. The van der Waals surface area contributed by atoms with Crippen molar-refractivity contribution >= 4 is 16.6 Å². The van der Waals surface area contributed by atoms with Crippen molar-refractivity contribution in [1.82, 2.24) is 4.98 Å². The van der Waals surface area contributed by atoms with E-state index < -0.39 is 0 Å². The fourth-order valence-corrected chi connectivity index (χ4v) is 2.72. The lowest BCUT2D eigenvalue weighted by Gasteiger charge is -2.23. The Morgan fingerprint density at radius 3 is 2.60 bits per heavy atom. The molecule has 2 rings (SSSR count). The fraction of sp³-hybridized carbons (Fsp3) is 0.471. The molecule has 1 unspecified atom stereocenters. The molecule has 1 aromatic carbocycles. The molecule has 2 aromatic rings. The van der Waals surface area contributed by atoms with Crippen molar-refractivity contribution in [2.75, 3.05) is 12.4 Å². The lowest BCUT2D eigenvalue weighted by Crippen LogP contribution is -2.25. The summed E-state index contributed by atoms with van der Waals surface area (Å²) < 4.78 is 5.32. The lowest BCUT2D eigenvalue weighted by atomic mass is 9.95. The summed E-state index contributed by atoms with van der Waals surface area (Å²) in [5.41, 5.74) is 0. The number of methoxy groups -OCH3 is 1. The highest BCUT2D eigenvalue weighted by Crippen LogP contribution is 2.27. The smallest absolute Gasteiger partial charge is 0.134 e. The first kappa shape index (κ1) is 14.6. The van der Waals surface area contributed by atoms with Gasteiger partial charge in [-0.15, -0.1) is 0 Å². The van der Waals surface area contributed by atoms with Crippen LogP contribution in [0.15, 0.2) is 30.5 Å². The summed E-state index contributed by atoms with van der Waals surface area (Å²) in [5.74, 6) is 2.47. The number of hydrogen-bond donors (Lipinski definition) is 1. The monoisotopic (exact) mass is 272 g/mol. The predicted molar refractivity (Wildman–Crippen MR) is 85.5 cm³/mol. The number of nitrogens with zero attached hydrogens (tertiary/aromatic N) is 1. The van der Waals surface area contributed by atoms with Crippen LogP contribution in [0.3, 0.4) is 0 Å². The van der Waals surface area contributed by atoms with Gasteiger partial charge in [-0.25, -0.2) is 4.98 Å². The molecule has 0 radical (unpaired) electrons. The third-order valence-corrected chi connectivity index (χ3v) is 4.09. The van der Waals surface area contributed by atoms with Crippen LogP contribution >= 0.6 is 0 Å². The molecule has 1 atom stereocenters. The number of hydrogen-bond acceptors (Lipinski definition) is 3. The van der Waals surface area contributed by atoms with Gasteiger partial charge in [0.25, 0.3) is 0 Å². The van der Waals surface area contributed by atoms with Gasteiger partial charge in [-0.2, -0.15) is 0 Å². The van der Waals surface area contributed by atoms with Crippen molar-refractivity contribution in [2.45, 2.75) is 39.7 Å². The SMILES string of the molecule is CCC(CC)C(C)Nc1nccc2ccc(OC)cc12. The van der Waals surface area contributed by atoms with Crippen LogP contribution in [0.2, 0.25) is 0 Å². The Labute approximate surface area is 121 Å². The largest absolute Gasteiger partial charge is 0.497 e. The molecule has 0 aliphatic rings. The van der Waals surface area contributed by atoms with E-state index in [1.54, 1.807) is 7.11 Å². The Balaban J connectivity index is 2.33. The molecule has 1 N–H and O–H groups in total. The van der Waals surface area contributed by atoms with E-state index in [1.807, 2.05) is 24.4 Å². The van der Waals surface area contributed by atoms with Crippen LogP contribution in [0.4, 0.5) is 5.82 Å². The molecule has 3 nitrogen and oxygen atoms in total. The van der Waals surface area contributed by atoms with Gasteiger partial charge in [0.1, 0.15) is 11.6 Å². The van der Waals surface area contributed by atoms with Gasteiger partial charge in [0, 0.05) is 17.6 Å². The molecule has 0 bridgehead atoms. The molecule has 0 spiro atoms. The molecule has 0 aliphatic heterocycles. The lowest BCUT2D eigenvalue weighted by molar-refractivity contribution is 0.415. The van der Waals surface area contributed by atoms with Crippen LogP contribution < -0.4 is 10.1 Å². The minimum atomic E-state index is 0.411. The van der Waals surface area contributed by atoms with Gasteiger partial charge in [-0.05, 0) is 36.4 Å². The molecule has 0 saturated heterocycles. The molecule has 1 heterocycles. The van der Waals surface area contributed by atoms with Crippen LogP contribution in [0.1, 0.15) is 33.6 Å². The van der Waals surface area contributed by atoms with Crippen molar-refractivity contribution in [3.05, 3.63) is 30.5 Å². The van der Waals surface area contributed by atoms with Gasteiger partial charge >= 0.3 is 0 Å². The average Bonchev–Trinajstić information content (AvgIpc) is 2.48. The number of benzene rings is 1. The first-order valence-corrected chi connectivity index (χ1v) is 7.38. The van der Waals surface area contributed by atoms with Gasteiger partial charge in [-0.3, -0.25) is 0 Å². The molecule has 0 amide bonds. The van der Waals surface area contributed by atoms with E-state index in [0.717, 1.165) is 17.0 Å². The summed E-state index contributed by atoms with van der Waals surface area (Å²) in [7, 11) is 1.69. The van der Waals surface area contributed by atoms with Crippen molar-refractivity contribution in [2.24, 2.45) is 5.92 Å². The zero-order valence-corrected chi connectivity index (χ0v) is 12.8. The number of rotatable bonds is 6. The summed E-state index contributed by atoms with van der Waals surface area (Å²) in [6, 6.07) is 8.54. The Morgan fingerprint density at radius 2 is 1.95 bits per heavy atom. The molecule has 3 heteroatoms. The van der Waals surface area contributed by atoms with Crippen molar-refractivity contribution in [3.8, 4) is 5.75 Å². The second-order valence-electron chi connectivity index (χ2n) is 5.26. The number of pyridine rings is 1. The highest BCUT2D eigenvalue weighted by molar-refractivity contribution is 5.92. The number of anilines is 1. The van der Waals surface area contributed by atoms with Crippen LogP contribution in [-0.2, 0) is 0 Å². The zero-order valence-electron chi connectivity index (χ0n) is 12.8. The van der Waals surface area contributed by atoms with E-state index >= 15 is 0 Å². The number of ether oxygens (including phenoxy) is 1. The molecule has 0 aliphatic carbocycles. The molecule has 108 valence electrons. The van der Waals surface area contributed by atoms with Crippen molar-refractivity contribution in [3.63, 3.8) is 0 Å². The Kier molecular flexibility index (Phi) is 4.83. The maximum Gasteiger partial charge on any atom is 0.134 e. The average molecular weight is 272 g/mol. The van der Waals surface area contributed by atoms with Crippen LogP contribution in [0, 0.1) is 5.92 Å². The molecular formula is C17H24N2O. The van der Waals surface area contributed by atoms with Gasteiger partial charge in [-0.1, -0.05) is 32.8 Å². The minimum Gasteiger partial charge on any atom is -0.497 e. The summed E-state index contributed by atoms with van der Waals surface area (Å²) in [5, 5.41) is 5.87. The van der Waals surface area contributed by atoms with E-state index in [1.165, 1.54) is 18.2 Å². The van der Waals surface area contributed by atoms with E-state index in [-0.39, 0.29) is 0 Å². The molecule has 0 fully saturated rings. The van der Waals surface area contributed by atoms with Crippen molar-refractivity contribution in [1.29, 1.82) is 0 Å². The van der Waals surface area contributed by atoms with Gasteiger partial charge in [0.2, 0.25) is 0 Å². The zero-order chi connectivity index (χ0) is 14.5. The van der Waals surface area contributed by atoms with E-state index in [0.29, 0.717) is 12.0 Å².